The summed E-state index contributed by atoms with van der Waals surface area (Å²) in [7, 11) is 4.67. The van der Waals surface area contributed by atoms with Gasteiger partial charge >= 0.3 is 0 Å². The monoisotopic (exact) mass is 413 g/mol. The lowest BCUT2D eigenvalue weighted by molar-refractivity contribution is -0.384. The van der Waals surface area contributed by atoms with Gasteiger partial charge in [0.15, 0.2) is 11.5 Å². The molecule has 8 nitrogen and oxygen atoms in total. The summed E-state index contributed by atoms with van der Waals surface area (Å²) >= 11 is 1.50. The molecule has 29 heavy (non-hydrogen) atoms. The first-order chi connectivity index (χ1) is 14.0. The Balaban J connectivity index is 1.74. The van der Waals surface area contributed by atoms with Crippen LogP contribution in [0.25, 0.3) is 11.3 Å². The Hall–Kier alpha value is -3.33. The maximum Gasteiger partial charge on any atom is 0.269 e. The zero-order chi connectivity index (χ0) is 20.8. The highest BCUT2D eigenvalue weighted by Crippen LogP contribution is 2.40. The maximum absolute atomic E-state index is 10.7. The van der Waals surface area contributed by atoms with Crippen LogP contribution in [0.2, 0.25) is 0 Å². The van der Waals surface area contributed by atoms with E-state index in [4.69, 9.17) is 14.2 Å². The SMILES string of the molecule is COc1cc(-c2ccc(SCc3ccc([N+](=O)[O-])cc3)nn2)cc(OC)c1OC. The number of thioether (sulfide) groups is 1. The van der Waals surface area contributed by atoms with Gasteiger partial charge in [0.25, 0.3) is 5.69 Å². The Labute approximate surface area is 172 Å². The molecule has 0 bridgehead atoms. The van der Waals surface area contributed by atoms with Gasteiger partial charge in [-0.15, -0.1) is 10.2 Å². The molecule has 0 N–H and O–H groups in total. The predicted molar refractivity (Wildman–Crippen MR) is 110 cm³/mol. The number of ether oxygens (including phenoxy) is 3. The summed E-state index contributed by atoms with van der Waals surface area (Å²) in [5.74, 6) is 2.23. The Kier molecular flexibility index (Phi) is 6.50. The van der Waals surface area contributed by atoms with Crippen molar-refractivity contribution in [1.29, 1.82) is 0 Å². The van der Waals surface area contributed by atoms with E-state index >= 15 is 0 Å². The standard InChI is InChI=1S/C20H19N3O5S/c1-26-17-10-14(11-18(27-2)20(17)28-3)16-8-9-19(22-21-16)29-12-13-4-6-15(7-5-13)23(24)25/h4-11H,12H2,1-3H3. The van der Waals surface area contributed by atoms with Crippen molar-refractivity contribution in [2.75, 3.05) is 21.3 Å². The number of nitro benzene ring substituents is 1. The molecule has 150 valence electrons. The average molecular weight is 413 g/mol. The molecule has 0 unspecified atom stereocenters. The lowest BCUT2D eigenvalue weighted by Crippen LogP contribution is -1.97. The molecule has 1 aromatic heterocycles. The number of aromatic nitrogens is 2. The smallest absolute Gasteiger partial charge is 0.269 e. The fourth-order valence-corrected chi connectivity index (χ4v) is 3.42. The minimum absolute atomic E-state index is 0.0771. The highest BCUT2D eigenvalue weighted by molar-refractivity contribution is 7.98. The molecule has 0 aliphatic carbocycles. The molecular weight excluding hydrogens is 394 g/mol. The van der Waals surface area contributed by atoms with Crippen molar-refractivity contribution >= 4 is 17.4 Å². The van der Waals surface area contributed by atoms with E-state index in [-0.39, 0.29) is 5.69 Å². The van der Waals surface area contributed by atoms with Crippen LogP contribution in [0.5, 0.6) is 17.2 Å². The molecular formula is C20H19N3O5S. The first-order valence-corrected chi connectivity index (χ1v) is 9.54. The van der Waals surface area contributed by atoms with Gasteiger partial charge in [0, 0.05) is 23.4 Å². The third-order valence-corrected chi connectivity index (χ3v) is 5.13. The number of benzene rings is 2. The third-order valence-electron chi connectivity index (χ3n) is 4.13. The van der Waals surface area contributed by atoms with E-state index in [2.05, 4.69) is 10.2 Å². The van der Waals surface area contributed by atoms with Crippen molar-refractivity contribution in [3.63, 3.8) is 0 Å². The van der Waals surface area contributed by atoms with Crippen LogP contribution < -0.4 is 14.2 Å². The summed E-state index contributed by atoms with van der Waals surface area (Å²) in [5.41, 5.74) is 2.51. The summed E-state index contributed by atoms with van der Waals surface area (Å²) in [6.07, 6.45) is 0. The quantitative estimate of drug-likeness (QED) is 0.305. The first-order valence-electron chi connectivity index (χ1n) is 8.56. The number of rotatable bonds is 8. The van der Waals surface area contributed by atoms with Crippen LogP contribution in [-0.2, 0) is 5.75 Å². The van der Waals surface area contributed by atoms with Crippen LogP contribution in [0.15, 0.2) is 53.6 Å². The lowest BCUT2D eigenvalue weighted by Gasteiger charge is -2.13. The van der Waals surface area contributed by atoms with Gasteiger partial charge in [0.2, 0.25) is 5.75 Å². The predicted octanol–water partition coefficient (Wildman–Crippen LogP) is 4.37. The van der Waals surface area contributed by atoms with Gasteiger partial charge in [-0.1, -0.05) is 23.9 Å². The maximum atomic E-state index is 10.7. The second-order valence-corrected chi connectivity index (χ2v) is 6.88. The molecule has 3 aromatic rings. The van der Waals surface area contributed by atoms with Crippen LogP contribution in [-0.4, -0.2) is 36.5 Å². The third kappa shape index (κ3) is 4.75. The topological polar surface area (TPSA) is 96.6 Å². The molecule has 0 aliphatic rings. The molecule has 3 rings (SSSR count). The van der Waals surface area contributed by atoms with Crippen molar-refractivity contribution in [3.8, 4) is 28.5 Å². The molecule has 2 aromatic carbocycles. The number of nitrogens with zero attached hydrogens (tertiary/aromatic N) is 3. The van der Waals surface area contributed by atoms with E-state index in [1.807, 2.05) is 24.3 Å². The highest BCUT2D eigenvalue weighted by atomic mass is 32.2. The Morgan fingerprint density at radius 3 is 2.07 bits per heavy atom. The van der Waals surface area contributed by atoms with E-state index in [1.54, 1.807) is 33.5 Å². The van der Waals surface area contributed by atoms with E-state index in [1.165, 1.54) is 23.9 Å². The summed E-state index contributed by atoms with van der Waals surface area (Å²) in [4.78, 5) is 10.3. The van der Waals surface area contributed by atoms with Crippen LogP contribution in [0.4, 0.5) is 5.69 Å². The van der Waals surface area contributed by atoms with Gasteiger partial charge < -0.3 is 14.2 Å². The van der Waals surface area contributed by atoms with Crippen LogP contribution in [0.3, 0.4) is 0 Å². The number of nitro groups is 1. The molecule has 0 aliphatic heterocycles. The minimum Gasteiger partial charge on any atom is -0.493 e. The zero-order valence-corrected chi connectivity index (χ0v) is 16.9. The molecule has 0 saturated heterocycles. The largest absolute Gasteiger partial charge is 0.493 e. The number of hydrogen-bond acceptors (Lipinski definition) is 8. The van der Waals surface area contributed by atoms with Crippen molar-refractivity contribution in [3.05, 3.63) is 64.2 Å². The Morgan fingerprint density at radius 1 is 0.931 bits per heavy atom. The normalized spacial score (nSPS) is 10.4. The number of non-ortho nitro benzene ring substituents is 1. The second-order valence-electron chi connectivity index (χ2n) is 5.88. The van der Waals surface area contributed by atoms with Gasteiger partial charge in [-0.2, -0.15) is 0 Å². The van der Waals surface area contributed by atoms with Crippen LogP contribution >= 0.6 is 11.8 Å². The first kappa shape index (κ1) is 20.4. The van der Waals surface area contributed by atoms with Gasteiger partial charge in [-0.05, 0) is 29.8 Å². The van der Waals surface area contributed by atoms with Crippen LogP contribution in [0, 0.1) is 10.1 Å². The van der Waals surface area contributed by atoms with Crippen molar-refractivity contribution in [1.82, 2.24) is 10.2 Å². The summed E-state index contributed by atoms with van der Waals surface area (Å²) < 4.78 is 16.1. The molecule has 0 fully saturated rings. The zero-order valence-electron chi connectivity index (χ0n) is 16.1. The van der Waals surface area contributed by atoms with Gasteiger partial charge in [-0.25, -0.2) is 0 Å². The lowest BCUT2D eigenvalue weighted by atomic mass is 10.1. The summed E-state index contributed by atoms with van der Waals surface area (Å²) in [6.45, 7) is 0. The van der Waals surface area contributed by atoms with E-state index in [9.17, 15) is 10.1 Å². The molecule has 0 atom stereocenters. The molecule has 9 heteroatoms. The van der Waals surface area contributed by atoms with E-state index in [0.29, 0.717) is 28.7 Å². The fraction of sp³-hybridized carbons (Fsp3) is 0.200. The number of methoxy groups -OCH3 is 3. The number of hydrogen-bond donors (Lipinski definition) is 0. The van der Waals surface area contributed by atoms with Gasteiger partial charge in [0.05, 0.1) is 31.9 Å². The molecule has 0 amide bonds. The highest BCUT2D eigenvalue weighted by Gasteiger charge is 2.15. The van der Waals surface area contributed by atoms with Crippen molar-refractivity contribution < 1.29 is 19.1 Å². The minimum atomic E-state index is -0.412. The van der Waals surface area contributed by atoms with E-state index in [0.717, 1.165) is 16.2 Å². The van der Waals surface area contributed by atoms with E-state index < -0.39 is 4.92 Å². The Morgan fingerprint density at radius 2 is 1.59 bits per heavy atom. The van der Waals surface area contributed by atoms with Crippen molar-refractivity contribution in [2.45, 2.75) is 10.8 Å². The summed E-state index contributed by atoms with van der Waals surface area (Å²) in [5, 5.41) is 20.0. The van der Waals surface area contributed by atoms with Gasteiger partial charge in [-0.3, -0.25) is 10.1 Å². The second kappa shape index (κ2) is 9.24. The molecule has 0 radical (unpaired) electrons. The molecule has 0 saturated carbocycles. The summed E-state index contributed by atoms with van der Waals surface area (Å²) in [6, 6.07) is 13.8. The molecule has 0 spiro atoms. The fourth-order valence-electron chi connectivity index (χ4n) is 2.65. The van der Waals surface area contributed by atoms with Gasteiger partial charge in [0.1, 0.15) is 5.03 Å². The average Bonchev–Trinajstić information content (AvgIpc) is 2.77. The van der Waals surface area contributed by atoms with Crippen LogP contribution in [0.1, 0.15) is 5.56 Å². The Bertz CT molecular complexity index is 969. The molecule has 1 heterocycles. The van der Waals surface area contributed by atoms with Crippen molar-refractivity contribution in [2.24, 2.45) is 0 Å².